The minimum atomic E-state index is -0.949. The summed E-state index contributed by atoms with van der Waals surface area (Å²) in [4.78, 5) is 12.0. The number of rotatable bonds is 5. The molecule has 0 spiro atoms. The van der Waals surface area contributed by atoms with E-state index in [0.29, 0.717) is 6.54 Å². The van der Waals surface area contributed by atoms with Crippen molar-refractivity contribution in [1.29, 1.82) is 0 Å². The monoisotopic (exact) mass is 187 g/mol. The largest absolute Gasteiger partial charge is 0.478 e. The van der Waals surface area contributed by atoms with Crippen molar-refractivity contribution in [1.82, 2.24) is 4.90 Å². The Kier molecular flexibility index (Phi) is 4.66. The van der Waals surface area contributed by atoms with Crippen LogP contribution in [0.25, 0.3) is 0 Å². The molecule has 0 rings (SSSR count). The highest BCUT2D eigenvalue weighted by Crippen LogP contribution is 2.09. The predicted molar refractivity (Wildman–Crippen MR) is 50.6 cm³/mol. The van der Waals surface area contributed by atoms with Crippen molar-refractivity contribution in [3.05, 3.63) is 12.2 Å². The minimum Gasteiger partial charge on any atom is -0.478 e. The highest BCUT2D eigenvalue weighted by atomic mass is 16.4. The topological polar surface area (TPSA) is 60.8 Å². The van der Waals surface area contributed by atoms with E-state index >= 15 is 0 Å². The van der Waals surface area contributed by atoms with Crippen LogP contribution < -0.4 is 0 Å². The van der Waals surface area contributed by atoms with Gasteiger partial charge < -0.3 is 10.2 Å². The van der Waals surface area contributed by atoms with Crippen LogP contribution in [0, 0.1) is 0 Å². The Balaban J connectivity index is 4.01. The SMILES string of the molecule is CN(C/C=C/C(=O)O)C(C)(C)CO. The number of aliphatic hydroxyl groups excluding tert-OH is 1. The van der Waals surface area contributed by atoms with Crippen molar-refractivity contribution in [3.8, 4) is 0 Å². The maximum Gasteiger partial charge on any atom is 0.328 e. The highest BCUT2D eigenvalue weighted by Gasteiger charge is 2.20. The van der Waals surface area contributed by atoms with Crippen molar-refractivity contribution in [3.63, 3.8) is 0 Å². The molecule has 0 radical (unpaired) electrons. The molecule has 0 amide bonds. The van der Waals surface area contributed by atoms with Crippen LogP contribution in [-0.2, 0) is 4.79 Å². The van der Waals surface area contributed by atoms with Crippen molar-refractivity contribution in [2.24, 2.45) is 0 Å². The standard InChI is InChI=1S/C9H17NO3/c1-9(2,7-11)10(3)6-4-5-8(12)13/h4-5,11H,6-7H2,1-3H3,(H,12,13)/b5-4+. The predicted octanol–water partition coefficient (Wildman–Crippen LogP) is 0.330. The lowest BCUT2D eigenvalue weighted by Gasteiger charge is -2.32. The molecule has 0 atom stereocenters. The molecule has 0 aromatic carbocycles. The van der Waals surface area contributed by atoms with Crippen LogP contribution in [-0.4, -0.2) is 46.8 Å². The van der Waals surface area contributed by atoms with E-state index in [0.717, 1.165) is 6.08 Å². The molecule has 0 bridgehead atoms. The van der Waals surface area contributed by atoms with E-state index in [2.05, 4.69) is 0 Å². The number of nitrogens with zero attached hydrogens (tertiary/aromatic N) is 1. The number of hydrogen-bond donors (Lipinski definition) is 2. The van der Waals surface area contributed by atoms with Crippen LogP contribution in [0.2, 0.25) is 0 Å². The molecule has 4 nitrogen and oxygen atoms in total. The van der Waals surface area contributed by atoms with Crippen LogP contribution in [0.5, 0.6) is 0 Å². The average Bonchev–Trinajstić information content (AvgIpc) is 2.03. The van der Waals surface area contributed by atoms with Gasteiger partial charge in [0.2, 0.25) is 0 Å². The van der Waals surface area contributed by atoms with Crippen molar-refractivity contribution in [2.75, 3.05) is 20.2 Å². The lowest BCUT2D eigenvalue weighted by Crippen LogP contribution is -2.44. The first-order valence-electron chi connectivity index (χ1n) is 4.11. The summed E-state index contributed by atoms with van der Waals surface area (Å²) in [7, 11) is 1.84. The van der Waals surface area contributed by atoms with E-state index < -0.39 is 5.97 Å². The van der Waals surface area contributed by atoms with Gasteiger partial charge in [-0.05, 0) is 20.9 Å². The van der Waals surface area contributed by atoms with Gasteiger partial charge in [0, 0.05) is 18.2 Å². The van der Waals surface area contributed by atoms with Crippen LogP contribution in [0.4, 0.5) is 0 Å². The fourth-order valence-electron chi connectivity index (χ4n) is 0.679. The fraction of sp³-hybridized carbons (Fsp3) is 0.667. The number of aliphatic carboxylic acids is 1. The van der Waals surface area contributed by atoms with E-state index in [1.54, 1.807) is 6.08 Å². The highest BCUT2D eigenvalue weighted by molar-refractivity contribution is 5.79. The quantitative estimate of drug-likeness (QED) is 0.609. The summed E-state index contributed by atoms with van der Waals surface area (Å²) in [6.45, 7) is 4.34. The average molecular weight is 187 g/mol. The van der Waals surface area contributed by atoms with Crippen LogP contribution in [0.15, 0.2) is 12.2 Å². The Morgan fingerprint density at radius 1 is 1.54 bits per heavy atom. The van der Waals surface area contributed by atoms with Gasteiger partial charge in [-0.1, -0.05) is 6.08 Å². The van der Waals surface area contributed by atoms with Gasteiger partial charge in [-0.3, -0.25) is 4.90 Å². The second-order valence-corrected chi connectivity index (χ2v) is 3.59. The van der Waals surface area contributed by atoms with E-state index in [1.165, 1.54) is 0 Å². The third-order valence-corrected chi connectivity index (χ3v) is 2.06. The lowest BCUT2D eigenvalue weighted by atomic mass is 10.1. The van der Waals surface area contributed by atoms with Gasteiger partial charge in [-0.2, -0.15) is 0 Å². The van der Waals surface area contributed by atoms with Gasteiger partial charge in [0.1, 0.15) is 0 Å². The van der Waals surface area contributed by atoms with Gasteiger partial charge in [0.25, 0.3) is 0 Å². The first-order valence-corrected chi connectivity index (χ1v) is 4.11. The van der Waals surface area contributed by atoms with E-state index in [9.17, 15) is 4.79 Å². The first kappa shape index (κ1) is 12.1. The van der Waals surface area contributed by atoms with Gasteiger partial charge in [0.05, 0.1) is 6.61 Å². The smallest absolute Gasteiger partial charge is 0.328 e. The Morgan fingerprint density at radius 2 is 2.08 bits per heavy atom. The second-order valence-electron chi connectivity index (χ2n) is 3.59. The zero-order chi connectivity index (χ0) is 10.5. The molecular formula is C9H17NO3. The Hall–Kier alpha value is -0.870. The maximum atomic E-state index is 10.1. The number of aliphatic hydroxyl groups is 1. The normalized spacial score (nSPS) is 12.7. The van der Waals surface area contributed by atoms with Gasteiger partial charge in [-0.15, -0.1) is 0 Å². The molecule has 0 unspecified atom stereocenters. The molecule has 0 heterocycles. The van der Waals surface area contributed by atoms with Gasteiger partial charge in [-0.25, -0.2) is 4.79 Å². The molecule has 0 aromatic heterocycles. The van der Waals surface area contributed by atoms with Crippen molar-refractivity contribution < 1.29 is 15.0 Å². The molecular weight excluding hydrogens is 170 g/mol. The fourth-order valence-corrected chi connectivity index (χ4v) is 0.679. The Labute approximate surface area is 78.5 Å². The Morgan fingerprint density at radius 3 is 2.46 bits per heavy atom. The molecule has 4 heteroatoms. The zero-order valence-electron chi connectivity index (χ0n) is 8.32. The molecule has 0 aromatic rings. The third-order valence-electron chi connectivity index (χ3n) is 2.06. The third kappa shape index (κ3) is 4.65. The van der Waals surface area contributed by atoms with Crippen LogP contribution >= 0.6 is 0 Å². The summed E-state index contributed by atoms with van der Waals surface area (Å²) in [5.41, 5.74) is -0.317. The first-order chi connectivity index (χ1) is 5.90. The molecule has 0 saturated carbocycles. The van der Waals surface area contributed by atoms with Crippen LogP contribution in [0.1, 0.15) is 13.8 Å². The Bertz CT molecular complexity index is 199. The summed E-state index contributed by atoms with van der Waals surface area (Å²) in [6.07, 6.45) is 2.66. The summed E-state index contributed by atoms with van der Waals surface area (Å²) in [6, 6.07) is 0. The summed E-state index contributed by atoms with van der Waals surface area (Å²) >= 11 is 0. The van der Waals surface area contributed by atoms with Crippen LogP contribution in [0.3, 0.4) is 0 Å². The zero-order valence-corrected chi connectivity index (χ0v) is 8.32. The maximum absolute atomic E-state index is 10.1. The number of likely N-dealkylation sites (N-methyl/N-ethyl adjacent to an activating group) is 1. The number of carboxylic acids is 1. The number of carboxylic acid groups (broad SMARTS) is 1. The summed E-state index contributed by atoms with van der Waals surface area (Å²) in [5, 5.41) is 17.3. The molecule has 0 fully saturated rings. The summed E-state index contributed by atoms with van der Waals surface area (Å²) in [5.74, 6) is -0.949. The molecule has 0 aliphatic heterocycles. The molecule has 0 aliphatic carbocycles. The number of carbonyl (C=O) groups is 1. The van der Waals surface area contributed by atoms with Crippen molar-refractivity contribution >= 4 is 5.97 Å². The second kappa shape index (κ2) is 4.99. The lowest BCUT2D eigenvalue weighted by molar-refractivity contribution is -0.131. The molecule has 13 heavy (non-hydrogen) atoms. The molecule has 76 valence electrons. The minimum absolute atomic E-state index is 0.0460. The van der Waals surface area contributed by atoms with Crippen molar-refractivity contribution in [2.45, 2.75) is 19.4 Å². The molecule has 0 saturated heterocycles. The van der Waals surface area contributed by atoms with E-state index in [4.69, 9.17) is 10.2 Å². The van der Waals surface area contributed by atoms with E-state index in [-0.39, 0.29) is 12.1 Å². The summed E-state index contributed by atoms with van der Waals surface area (Å²) < 4.78 is 0. The van der Waals surface area contributed by atoms with Gasteiger partial charge in [0.15, 0.2) is 0 Å². The van der Waals surface area contributed by atoms with E-state index in [1.807, 2.05) is 25.8 Å². The molecule has 2 N–H and O–H groups in total. The van der Waals surface area contributed by atoms with Gasteiger partial charge >= 0.3 is 5.97 Å². The molecule has 0 aliphatic rings. The number of hydrogen-bond acceptors (Lipinski definition) is 3.